The van der Waals surface area contributed by atoms with Crippen molar-refractivity contribution in [1.29, 1.82) is 0 Å². The van der Waals surface area contributed by atoms with Crippen LogP contribution in [-0.2, 0) is 6.18 Å². The molecule has 0 aromatic heterocycles. The minimum absolute atomic E-state index is 0.218. The molecule has 78 valence electrons. The molecule has 0 aliphatic rings. The molecule has 2 nitrogen and oxygen atoms in total. The van der Waals surface area contributed by atoms with Crippen LogP contribution in [0.5, 0.6) is 5.75 Å². The lowest BCUT2D eigenvalue weighted by atomic mass is 10.1. The fourth-order valence-corrected chi connectivity index (χ4v) is 0.945. The molecule has 0 spiro atoms. The minimum Gasteiger partial charge on any atom is -0.497 e. The van der Waals surface area contributed by atoms with Crippen LogP contribution in [0.1, 0.15) is 5.56 Å². The molecule has 0 amide bonds. The van der Waals surface area contributed by atoms with E-state index in [2.05, 4.69) is 4.74 Å². The molecule has 0 saturated carbocycles. The molecule has 1 aromatic carbocycles. The van der Waals surface area contributed by atoms with Crippen LogP contribution in [0.25, 0.3) is 0 Å². The zero-order valence-electron chi connectivity index (χ0n) is 7.15. The largest absolute Gasteiger partial charge is 0.497 e. The summed E-state index contributed by atoms with van der Waals surface area (Å²) in [6.45, 7) is 0. The molecule has 0 fully saturated rings. The highest BCUT2D eigenvalue weighted by Crippen LogP contribution is 2.37. The van der Waals surface area contributed by atoms with E-state index in [9.17, 15) is 17.6 Å². The van der Waals surface area contributed by atoms with Gasteiger partial charge in [-0.25, -0.2) is 4.39 Å². The van der Waals surface area contributed by atoms with Crippen molar-refractivity contribution >= 4 is 5.69 Å². The third kappa shape index (κ3) is 1.89. The number of halogens is 4. The lowest BCUT2D eigenvalue weighted by molar-refractivity contribution is -0.137. The number of ether oxygens (including phenoxy) is 1. The van der Waals surface area contributed by atoms with Crippen LogP contribution in [0.3, 0.4) is 0 Å². The summed E-state index contributed by atoms with van der Waals surface area (Å²) in [5.74, 6) is -1.36. The van der Waals surface area contributed by atoms with E-state index in [1.165, 1.54) is 0 Å². The summed E-state index contributed by atoms with van der Waals surface area (Å²) in [4.78, 5) is 0. The van der Waals surface area contributed by atoms with Gasteiger partial charge in [0.2, 0.25) is 0 Å². The smallest absolute Gasteiger partial charge is 0.418 e. The molecular weight excluding hydrogens is 202 g/mol. The van der Waals surface area contributed by atoms with Crippen LogP contribution in [0, 0.1) is 5.82 Å². The van der Waals surface area contributed by atoms with E-state index in [0.29, 0.717) is 6.07 Å². The monoisotopic (exact) mass is 209 g/mol. The fraction of sp³-hybridized carbons (Fsp3) is 0.250. The lowest BCUT2D eigenvalue weighted by Gasteiger charge is -2.11. The molecule has 0 unspecified atom stereocenters. The Morgan fingerprint density at radius 1 is 1.29 bits per heavy atom. The molecule has 14 heavy (non-hydrogen) atoms. The van der Waals surface area contributed by atoms with Gasteiger partial charge in [0.1, 0.15) is 11.6 Å². The normalized spacial score (nSPS) is 11.5. The first-order valence-corrected chi connectivity index (χ1v) is 3.56. The van der Waals surface area contributed by atoms with Gasteiger partial charge in [0.25, 0.3) is 0 Å². The second kappa shape index (κ2) is 3.36. The van der Waals surface area contributed by atoms with Gasteiger partial charge >= 0.3 is 6.18 Å². The highest BCUT2D eigenvalue weighted by atomic mass is 19.4. The average Bonchev–Trinajstić information content (AvgIpc) is 2.07. The molecule has 0 aliphatic carbocycles. The molecule has 0 heterocycles. The Bertz CT molecular complexity index is 348. The predicted octanol–water partition coefficient (Wildman–Crippen LogP) is 2.44. The predicted molar refractivity (Wildman–Crippen MR) is 42.4 cm³/mol. The summed E-state index contributed by atoms with van der Waals surface area (Å²) in [7, 11) is 1.14. The third-order valence-corrected chi connectivity index (χ3v) is 1.64. The van der Waals surface area contributed by atoms with E-state index in [4.69, 9.17) is 5.73 Å². The highest BCUT2D eigenvalue weighted by molar-refractivity contribution is 5.53. The van der Waals surface area contributed by atoms with Crippen molar-refractivity contribution in [3.63, 3.8) is 0 Å². The highest BCUT2D eigenvalue weighted by Gasteiger charge is 2.34. The van der Waals surface area contributed by atoms with E-state index in [0.717, 1.165) is 13.2 Å². The van der Waals surface area contributed by atoms with Crippen molar-refractivity contribution in [3.05, 3.63) is 23.5 Å². The van der Waals surface area contributed by atoms with Gasteiger partial charge in [-0.3, -0.25) is 0 Å². The maximum atomic E-state index is 12.9. The van der Waals surface area contributed by atoms with Crippen molar-refractivity contribution in [2.24, 2.45) is 0 Å². The Morgan fingerprint density at radius 3 is 2.29 bits per heavy atom. The van der Waals surface area contributed by atoms with E-state index in [1.54, 1.807) is 0 Å². The van der Waals surface area contributed by atoms with Gasteiger partial charge in [-0.15, -0.1) is 0 Å². The maximum absolute atomic E-state index is 12.9. The van der Waals surface area contributed by atoms with Crippen LogP contribution in [0.4, 0.5) is 23.2 Å². The Morgan fingerprint density at radius 2 is 1.86 bits per heavy atom. The van der Waals surface area contributed by atoms with Gasteiger partial charge in [-0.2, -0.15) is 13.2 Å². The summed E-state index contributed by atoms with van der Waals surface area (Å²) in [5, 5.41) is 0. The molecule has 0 aliphatic heterocycles. The molecule has 1 rings (SSSR count). The molecule has 2 N–H and O–H groups in total. The van der Waals surface area contributed by atoms with Crippen LogP contribution >= 0.6 is 0 Å². The number of benzene rings is 1. The quantitative estimate of drug-likeness (QED) is 0.569. The Hall–Kier alpha value is -1.46. The minimum atomic E-state index is -4.68. The number of anilines is 1. The number of hydrogen-bond acceptors (Lipinski definition) is 2. The van der Waals surface area contributed by atoms with Crippen LogP contribution < -0.4 is 10.5 Å². The van der Waals surface area contributed by atoms with Gasteiger partial charge in [0, 0.05) is 6.07 Å². The van der Waals surface area contributed by atoms with Crippen molar-refractivity contribution in [1.82, 2.24) is 0 Å². The van der Waals surface area contributed by atoms with E-state index >= 15 is 0 Å². The molecule has 0 bridgehead atoms. The number of nitrogens with two attached hydrogens (primary N) is 1. The summed E-state index contributed by atoms with van der Waals surface area (Å²) < 4.78 is 54.1. The van der Waals surface area contributed by atoms with Gasteiger partial charge in [-0.1, -0.05) is 0 Å². The third-order valence-electron chi connectivity index (χ3n) is 1.64. The Balaban J connectivity index is 3.35. The standard InChI is InChI=1S/C8H7F4NO/c1-14-4-2-5(8(10,11)12)7(13)6(9)3-4/h2-3H,13H2,1H3. The zero-order valence-corrected chi connectivity index (χ0v) is 7.15. The summed E-state index contributed by atoms with van der Waals surface area (Å²) in [6, 6.07) is 1.45. The summed E-state index contributed by atoms with van der Waals surface area (Å²) in [6.07, 6.45) is -4.68. The zero-order chi connectivity index (χ0) is 10.9. The van der Waals surface area contributed by atoms with Crippen molar-refractivity contribution in [2.75, 3.05) is 12.8 Å². The maximum Gasteiger partial charge on any atom is 0.418 e. The first kappa shape index (κ1) is 10.6. The Kier molecular flexibility index (Phi) is 2.55. The number of rotatable bonds is 1. The van der Waals surface area contributed by atoms with Crippen molar-refractivity contribution < 1.29 is 22.3 Å². The van der Waals surface area contributed by atoms with Crippen molar-refractivity contribution in [3.8, 4) is 5.75 Å². The molecule has 0 radical (unpaired) electrons. The van der Waals surface area contributed by atoms with Crippen LogP contribution in [0.15, 0.2) is 12.1 Å². The Labute approximate surface area is 77.3 Å². The molecule has 6 heteroatoms. The van der Waals surface area contributed by atoms with Crippen molar-refractivity contribution in [2.45, 2.75) is 6.18 Å². The SMILES string of the molecule is COc1cc(F)c(N)c(C(F)(F)F)c1. The van der Waals surface area contributed by atoms with Gasteiger partial charge in [0.05, 0.1) is 18.4 Å². The van der Waals surface area contributed by atoms with Gasteiger partial charge in [-0.05, 0) is 6.07 Å². The number of methoxy groups -OCH3 is 1. The second-order valence-corrected chi connectivity index (χ2v) is 2.57. The van der Waals surface area contributed by atoms with E-state index < -0.39 is 23.2 Å². The second-order valence-electron chi connectivity index (χ2n) is 2.57. The fourth-order valence-electron chi connectivity index (χ4n) is 0.945. The lowest BCUT2D eigenvalue weighted by Crippen LogP contribution is -2.10. The molecule has 0 atom stereocenters. The summed E-state index contributed by atoms with van der Waals surface area (Å²) >= 11 is 0. The number of hydrogen-bond donors (Lipinski definition) is 1. The topological polar surface area (TPSA) is 35.2 Å². The number of alkyl halides is 3. The van der Waals surface area contributed by atoms with Gasteiger partial charge < -0.3 is 10.5 Å². The number of nitrogen functional groups attached to an aromatic ring is 1. The first-order chi connectivity index (χ1) is 6.36. The molecule has 0 saturated heterocycles. The summed E-state index contributed by atoms with van der Waals surface area (Å²) in [5.41, 5.74) is 2.80. The molecule has 1 aromatic rings. The van der Waals surface area contributed by atoms with E-state index in [-0.39, 0.29) is 5.75 Å². The van der Waals surface area contributed by atoms with Crippen LogP contribution in [-0.4, -0.2) is 7.11 Å². The van der Waals surface area contributed by atoms with Gasteiger partial charge in [0.15, 0.2) is 0 Å². The first-order valence-electron chi connectivity index (χ1n) is 3.56. The average molecular weight is 209 g/mol. The van der Waals surface area contributed by atoms with Crippen LogP contribution in [0.2, 0.25) is 0 Å². The van der Waals surface area contributed by atoms with E-state index in [1.807, 2.05) is 0 Å². The molecular formula is C8H7F4NO.